The van der Waals surface area contributed by atoms with Crippen molar-refractivity contribution in [2.75, 3.05) is 0 Å². The van der Waals surface area contributed by atoms with Gasteiger partial charge in [-0.3, -0.25) is 9.59 Å². The minimum atomic E-state index is -0.942. The lowest BCUT2D eigenvalue weighted by molar-refractivity contribution is -0.136. The van der Waals surface area contributed by atoms with Gasteiger partial charge in [0.05, 0.1) is 11.9 Å². The van der Waals surface area contributed by atoms with Crippen LogP contribution in [0.2, 0.25) is 0 Å². The molecule has 2 aromatic rings. The molecule has 4 nitrogen and oxygen atoms in total. The number of benzene rings is 1. The summed E-state index contributed by atoms with van der Waals surface area (Å²) in [7, 11) is 0. The van der Waals surface area contributed by atoms with E-state index in [0.717, 1.165) is 9.99 Å². The number of carbonyl (C=O) groups is 1. The molecule has 0 spiro atoms. The van der Waals surface area contributed by atoms with Crippen molar-refractivity contribution in [3.63, 3.8) is 0 Å². The second kappa shape index (κ2) is 5.17. The van der Waals surface area contributed by atoms with E-state index in [1.807, 2.05) is 30.5 Å². The fourth-order valence-electron chi connectivity index (χ4n) is 2.27. The number of hydrogen-bond acceptors (Lipinski definition) is 2. The lowest BCUT2D eigenvalue weighted by Crippen LogP contribution is -2.18. The number of aromatic nitrogens is 1. The lowest BCUT2D eigenvalue weighted by Gasteiger charge is -2.19. The van der Waals surface area contributed by atoms with Crippen LogP contribution in [-0.4, -0.2) is 15.6 Å². The molecule has 0 aliphatic carbocycles. The molecule has 0 saturated carbocycles. The monoisotopic (exact) mass is 323 g/mol. The minimum Gasteiger partial charge on any atom is -0.481 e. The first-order chi connectivity index (χ1) is 8.90. The highest BCUT2D eigenvalue weighted by Crippen LogP contribution is 2.22. The van der Waals surface area contributed by atoms with Crippen molar-refractivity contribution in [1.29, 1.82) is 0 Å². The van der Waals surface area contributed by atoms with Crippen LogP contribution < -0.4 is 5.43 Å². The molecule has 19 heavy (non-hydrogen) atoms. The summed E-state index contributed by atoms with van der Waals surface area (Å²) in [5.74, 6) is -0.942. The molecule has 0 amide bonds. The average molecular weight is 324 g/mol. The number of carboxylic acids is 1. The molecule has 5 heteroatoms. The van der Waals surface area contributed by atoms with Crippen LogP contribution in [0, 0.1) is 0 Å². The number of aliphatic carboxylic acids is 1. The Morgan fingerprint density at radius 2 is 2.05 bits per heavy atom. The molecule has 0 fully saturated rings. The number of pyridine rings is 1. The van der Waals surface area contributed by atoms with E-state index in [2.05, 4.69) is 15.9 Å². The third-order valence-electron chi connectivity index (χ3n) is 2.94. The van der Waals surface area contributed by atoms with Crippen LogP contribution in [0.4, 0.5) is 0 Å². The van der Waals surface area contributed by atoms with Crippen LogP contribution in [0.1, 0.15) is 25.6 Å². The molecule has 0 bridgehead atoms. The summed E-state index contributed by atoms with van der Waals surface area (Å²) in [6, 6.07) is 6.91. The molecule has 0 atom stereocenters. The Morgan fingerprint density at radius 1 is 1.37 bits per heavy atom. The summed E-state index contributed by atoms with van der Waals surface area (Å²) < 4.78 is 2.76. The summed E-state index contributed by atoms with van der Waals surface area (Å²) in [4.78, 5) is 23.0. The predicted octanol–water partition coefficient (Wildman–Crippen LogP) is 2.97. The molecule has 2 rings (SSSR count). The average Bonchev–Trinajstić information content (AvgIpc) is 2.26. The molecule has 0 radical (unpaired) electrons. The fourth-order valence-corrected chi connectivity index (χ4v) is 2.62. The van der Waals surface area contributed by atoms with Gasteiger partial charge < -0.3 is 9.67 Å². The lowest BCUT2D eigenvalue weighted by atomic mass is 10.1. The molecule has 1 aromatic heterocycles. The van der Waals surface area contributed by atoms with Crippen molar-refractivity contribution in [2.45, 2.75) is 26.3 Å². The second-order valence-electron chi connectivity index (χ2n) is 4.70. The Hall–Kier alpha value is -1.62. The first-order valence-electron chi connectivity index (χ1n) is 5.95. The van der Waals surface area contributed by atoms with E-state index in [-0.39, 0.29) is 17.9 Å². The molecule has 0 aliphatic heterocycles. The SMILES string of the molecule is CC(C)n1c(CC(=O)O)cc(=O)c2ccc(Br)cc21. The number of nitrogens with zero attached hydrogens (tertiary/aromatic N) is 1. The maximum absolute atomic E-state index is 12.0. The molecule has 0 aliphatic rings. The second-order valence-corrected chi connectivity index (χ2v) is 5.61. The standard InChI is InChI=1S/C14H14BrNO3/c1-8(2)16-10(7-14(18)19)6-13(17)11-4-3-9(15)5-12(11)16/h3-6,8H,7H2,1-2H3,(H,18,19). The molecule has 1 heterocycles. The highest BCUT2D eigenvalue weighted by atomic mass is 79.9. The number of hydrogen-bond donors (Lipinski definition) is 1. The van der Waals surface area contributed by atoms with Gasteiger partial charge in [-0.1, -0.05) is 15.9 Å². The molecule has 1 N–H and O–H groups in total. The van der Waals surface area contributed by atoms with Gasteiger partial charge in [-0.15, -0.1) is 0 Å². The molecule has 100 valence electrons. The first kappa shape index (κ1) is 13.8. The number of carboxylic acid groups (broad SMARTS) is 1. The van der Waals surface area contributed by atoms with Gasteiger partial charge in [-0.05, 0) is 32.0 Å². The van der Waals surface area contributed by atoms with Crippen LogP contribution in [-0.2, 0) is 11.2 Å². The van der Waals surface area contributed by atoms with E-state index in [1.54, 1.807) is 6.07 Å². The van der Waals surface area contributed by atoms with Crippen molar-refractivity contribution >= 4 is 32.8 Å². The summed E-state index contributed by atoms with van der Waals surface area (Å²) in [6.07, 6.45) is -0.157. The predicted molar refractivity (Wildman–Crippen MR) is 77.6 cm³/mol. The molecule has 0 unspecified atom stereocenters. The third-order valence-corrected chi connectivity index (χ3v) is 3.43. The highest BCUT2D eigenvalue weighted by Gasteiger charge is 2.14. The molecule has 0 saturated heterocycles. The molecular formula is C14H14BrNO3. The number of halogens is 1. The van der Waals surface area contributed by atoms with Gasteiger partial charge in [0.2, 0.25) is 0 Å². The largest absolute Gasteiger partial charge is 0.481 e. The van der Waals surface area contributed by atoms with E-state index in [4.69, 9.17) is 5.11 Å². The van der Waals surface area contributed by atoms with Crippen LogP contribution >= 0.6 is 15.9 Å². The Balaban J connectivity index is 2.86. The number of rotatable bonds is 3. The number of fused-ring (bicyclic) bond motifs is 1. The first-order valence-corrected chi connectivity index (χ1v) is 6.75. The van der Waals surface area contributed by atoms with Crippen LogP contribution in [0.15, 0.2) is 33.5 Å². The highest BCUT2D eigenvalue weighted by molar-refractivity contribution is 9.10. The fraction of sp³-hybridized carbons (Fsp3) is 0.286. The maximum atomic E-state index is 12.0. The summed E-state index contributed by atoms with van der Waals surface area (Å²) in [6.45, 7) is 3.94. The van der Waals surface area contributed by atoms with Crippen molar-refractivity contribution in [1.82, 2.24) is 4.57 Å². The quantitative estimate of drug-likeness (QED) is 0.944. The van der Waals surface area contributed by atoms with Crippen molar-refractivity contribution < 1.29 is 9.90 Å². The van der Waals surface area contributed by atoms with Gasteiger partial charge in [0.25, 0.3) is 0 Å². The Labute approximate surface area is 118 Å². The van der Waals surface area contributed by atoms with E-state index < -0.39 is 5.97 Å². The van der Waals surface area contributed by atoms with Gasteiger partial charge in [0, 0.05) is 27.7 Å². The summed E-state index contributed by atoms with van der Waals surface area (Å²) in [5.41, 5.74) is 1.14. The summed E-state index contributed by atoms with van der Waals surface area (Å²) >= 11 is 3.38. The van der Waals surface area contributed by atoms with E-state index in [9.17, 15) is 9.59 Å². The van der Waals surface area contributed by atoms with Crippen molar-refractivity contribution in [2.24, 2.45) is 0 Å². The van der Waals surface area contributed by atoms with Gasteiger partial charge in [0.1, 0.15) is 0 Å². The maximum Gasteiger partial charge on any atom is 0.309 e. The Morgan fingerprint density at radius 3 is 2.63 bits per heavy atom. The van der Waals surface area contributed by atoms with E-state index in [1.165, 1.54) is 6.07 Å². The normalized spacial score (nSPS) is 11.2. The van der Waals surface area contributed by atoms with Crippen molar-refractivity contribution in [3.8, 4) is 0 Å². The molecule has 1 aromatic carbocycles. The Bertz CT molecular complexity index is 704. The summed E-state index contributed by atoms with van der Waals surface area (Å²) in [5, 5.41) is 9.57. The smallest absolute Gasteiger partial charge is 0.309 e. The zero-order valence-electron chi connectivity index (χ0n) is 10.7. The molecular weight excluding hydrogens is 310 g/mol. The van der Waals surface area contributed by atoms with Crippen LogP contribution in [0.3, 0.4) is 0 Å². The van der Waals surface area contributed by atoms with Gasteiger partial charge in [0.15, 0.2) is 5.43 Å². The van der Waals surface area contributed by atoms with Gasteiger partial charge >= 0.3 is 5.97 Å². The van der Waals surface area contributed by atoms with Crippen LogP contribution in [0.25, 0.3) is 10.9 Å². The topological polar surface area (TPSA) is 59.3 Å². The third kappa shape index (κ3) is 2.71. The van der Waals surface area contributed by atoms with Crippen molar-refractivity contribution in [3.05, 3.63) is 44.7 Å². The zero-order valence-corrected chi connectivity index (χ0v) is 12.3. The zero-order chi connectivity index (χ0) is 14.2. The van der Waals surface area contributed by atoms with E-state index >= 15 is 0 Å². The van der Waals surface area contributed by atoms with E-state index in [0.29, 0.717) is 11.1 Å². The van der Waals surface area contributed by atoms with Gasteiger partial charge in [-0.25, -0.2) is 0 Å². The van der Waals surface area contributed by atoms with Crippen LogP contribution in [0.5, 0.6) is 0 Å². The Kier molecular flexibility index (Phi) is 3.75. The van der Waals surface area contributed by atoms with Gasteiger partial charge in [-0.2, -0.15) is 0 Å². The minimum absolute atomic E-state index is 0.0757.